The van der Waals surface area contributed by atoms with Gasteiger partial charge in [0.2, 0.25) is 0 Å². The van der Waals surface area contributed by atoms with Gasteiger partial charge < -0.3 is 9.47 Å². The van der Waals surface area contributed by atoms with Gasteiger partial charge in [0.1, 0.15) is 6.10 Å². The van der Waals surface area contributed by atoms with Crippen LogP contribution in [-0.4, -0.2) is 14.2 Å². The van der Waals surface area contributed by atoms with Gasteiger partial charge in [0.25, 0.3) is 0 Å². The number of ether oxygens (including phenoxy) is 2. The lowest BCUT2D eigenvalue weighted by atomic mass is 9.93. The molecule has 0 aliphatic rings. The monoisotopic (exact) mass is 248 g/mol. The lowest BCUT2D eigenvalue weighted by Gasteiger charge is -2.23. The SMILES string of the molecule is COC(C)=C(CC(C)C)C(OC)c1ccccc1. The normalized spacial score (nSPS) is 14.3. The molecule has 0 fully saturated rings. The van der Waals surface area contributed by atoms with Crippen LogP contribution in [-0.2, 0) is 9.47 Å². The summed E-state index contributed by atoms with van der Waals surface area (Å²) in [6.07, 6.45) is 0.959. The maximum Gasteiger partial charge on any atom is 0.107 e. The third kappa shape index (κ3) is 3.88. The second-order valence-electron chi connectivity index (χ2n) is 4.91. The Morgan fingerprint density at radius 3 is 2.17 bits per heavy atom. The summed E-state index contributed by atoms with van der Waals surface area (Å²) in [5.74, 6) is 1.53. The van der Waals surface area contributed by atoms with Gasteiger partial charge in [-0.3, -0.25) is 0 Å². The molecule has 0 amide bonds. The van der Waals surface area contributed by atoms with E-state index >= 15 is 0 Å². The van der Waals surface area contributed by atoms with Crippen molar-refractivity contribution < 1.29 is 9.47 Å². The van der Waals surface area contributed by atoms with E-state index in [1.54, 1.807) is 14.2 Å². The largest absolute Gasteiger partial charge is 0.501 e. The maximum absolute atomic E-state index is 5.68. The van der Waals surface area contributed by atoms with Crippen molar-refractivity contribution in [3.8, 4) is 0 Å². The Bertz CT molecular complexity index is 379. The number of rotatable bonds is 6. The van der Waals surface area contributed by atoms with Crippen molar-refractivity contribution in [1.29, 1.82) is 0 Å². The van der Waals surface area contributed by atoms with Gasteiger partial charge in [0, 0.05) is 12.7 Å². The Hall–Kier alpha value is -1.28. The first-order valence-electron chi connectivity index (χ1n) is 6.41. The molecule has 0 heterocycles. The lowest BCUT2D eigenvalue weighted by Crippen LogP contribution is -2.10. The van der Waals surface area contributed by atoms with E-state index in [1.165, 1.54) is 11.1 Å². The Kier molecular flexibility index (Phi) is 5.93. The molecule has 1 aromatic rings. The van der Waals surface area contributed by atoms with Crippen molar-refractivity contribution in [3.05, 3.63) is 47.2 Å². The van der Waals surface area contributed by atoms with Gasteiger partial charge in [-0.1, -0.05) is 44.2 Å². The third-order valence-corrected chi connectivity index (χ3v) is 3.04. The number of methoxy groups -OCH3 is 2. The third-order valence-electron chi connectivity index (χ3n) is 3.04. The van der Waals surface area contributed by atoms with E-state index in [0.29, 0.717) is 5.92 Å². The maximum atomic E-state index is 5.68. The molecule has 1 aromatic carbocycles. The number of allylic oxidation sites excluding steroid dienone is 1. The van der Waals surface area contributed by atoms with E-state index in [-0.39, 0.29) is 6.10 Å². The van der Waals surface area contributed by atoms with Crippen molar-refractivity contribution in [3.63, 3.8) is 0 Å². The minimum absolute atomic E-state index is 0.0199. The average molecular weight is 248 g/mol. The number of benzene rings is 1. The molecule has 0 radical (unpaired) electrons. The van der Waals surface area contributed by atoms with Crippen molar-refractivity contribution >= 4 is 0 Å². The Morgan fingerprint density at radius 2 is 1.72 bits per heavy atom. The van der Waals surface area contributed by atoms with Crippen LogP contribution in [0.1, 0.15) is 38.9 Å². The van der Waals surface area contributed by atoms with Crippen LogP contribution in [0.25, 0.3) is 0 Å². The number of hydrogen-bond donors (Lipinski definition) is 0. The Morgan fingerprint density at radius 1 is 1.11 bits per heavy atom. The summed E-state index contributed by atoms with van der Waals surface area (Å²) in [7, 11) is 3.47. The molecular weight excluding hydrogens is 224 g/mol. The van der Waals surface area contributed by atoms with Crippen molar-refractivity contribution in [2.75, 3.05) is 14.2 Å². The first kappa shape index (κ1) is 14.8. The minimum atomic E-state index is -0.0199. The fourth-order valence-electron chi connectivity index (χ4n) is 2.11. The van der Waals surface area contributed by atoms with Crippen molar-refractivity contribution in [2.24, 2.45) is 5.92 Å². The van der Waals surface area contributed by atoms with Gasteiger partial charge in [0.05, 0.1) is 12.9 Å². The zero-order valence-corrected chi connectivity index (χ0v) is 12.1. The van der Waals surface area contributed by atoms with E-state index in [1.807, 2.05) is 25.1 Å². The molecule has 0 aliphatic heterocycles. The summed E-state index contributed by atoms with van der Waals surface area (Å²) in [6, 6.07) is 10.3. The van der Waals surface area contributed by atoms with Gasteiger partial charge in [-0.2, -0.15) is 0 Å². The zero-order valence-electron chi connectivity index (χ0n) is 12.1. The minimum Gasteiger partial charge on any atom is -0.501 e. The summed E-state index contributed by atoms with van der Waals surface area (Å²) < 4.78 is 11.1. The highest BCUT2D eigenvalue weighted by Gasteiger charge is 2.20. The highest BCUT2D eigenvalue weighted by atomic mass is 16.5. The van der Waals surface area contributed by atoms with E-state index in [2.05, 4.69) is 26.0 Å². The average Bonchev–Trinajstić information content (AvgIpc) is 2.38. The first-order valence-corrected chi connectivity index (χ1v) is 6.41. The molecule has 1 rings (SSSR count). The predicted octanol–water partition coefficient (Wildman–Crippen LogP) is 4.34. The van der Waals surface area contributed by atoms with Crippen molar-refractivity contribution in [2.45, 2.75) is 33.3 Å². The van der Waals surface area contributed by atoms with Crippen LogP contribution in [0.2, 0.25) is 0 Å². The van der Waals surface area contributed by atoms with Crippen LogP contribution in [0.5, 0.6) is 0 Å². The zero-order chi connectivity index (χ0) is 13.5. The lowest BCUT2D eigenvalue weighted by molar-refractivity contribution is 0.120. The molecule has 0 N–H and O–H groups in total. The fourth-order valence-corrected chi connectivity index (χ4v) is 2.11. The van der Waals surface area contributed by atoms with Crippen LogP contribution >= 0.6 is 0 Å². The number of hydrogen-bond acceptors (Lipinski definition) is 2. The second kappa shape index (κ2) is 7.22. The molecule has 0 aromatic heterocycles. The highest BCUT2D eigenvalue weighted by molar-refractivity contribution is 5.27. The van der Waals surface area contributed by atoms with Gasteiger partial charge in [0.15, 0.2) is 0 Å². The molecule has 1 unspecified atom stereocenters. The van der Waals surface area contributed by atoms with Crippen LogP contribution in [0.15, 0.2) is 41.7 Å². The summed E-state index contributed by atoms with van der Waals surface area (Å²) >= 11 is 0. The molecule has 0 spiro atoms. The van der Waals surface area contributed by atoms with E-state index in [9.17, 15) is 0 Å². The molecule has 1 atom stereocenters. The topological polar surface area (TPSA) is 18.5 Å². The summed E-state index contributed by atoms with van der Waals surface area (Å²) in [5.41, 5.74) is 2.40. The molecule has 0 bridgehead atoms. The summed E-state index contributed by atoms with van der Waals surface area (Å²) in [6.45, 7) is 6.42. The van der Waals surface area contributed by atoms with Gasteiger partial charge in [-0.05, 0) is 24.8 Å². The summed E-state index contributed by atoms with van der Waals surface area (Å²) in [4.78, 5) is 0. The molecule has 0 saturated carbocycles. The fraction of sp³-hybridized carbons (Fsp3) is 0.500. The van der Waals surface area contributed by atoms with Gasteiger partial charge in [-0.25, -0.2) is 0 Å². The van der Waals surface area contributed by atoms with E-state index < -0.39 is 0 Å². The van der Waals surface area contributed by atoms with Crippen LogP contribution < -0.4 is 0 Å². The van der Waals surface area contributed by atoms with Crippen LogP contribution in [0.3, 0.4) is 0 Å². The van der Waals surface area contributed by atoms with Gasteiger partial charge >= 0.3 is 0 Å². The molecule has 100 valence electrons. The molecule has 18 heavy (non-hydrogen) atoms. The standard InChI is InChI=1S/C16H24O2/c1-12(2)11-15(13(3)17-4)16(18-5)14-9-7-6-8-10-14/h6-10,12,16H,11H2,1-5H3. The quantitative estimate of drug-likeness (QED) is 0.697. The molecule has 2 nitrogen and oxygen atoms in total. The predicted molar refractivity (Wildman–Crippen MR) is 75.4 cm³/mol. The second-order valence-corrected chi connectivity index (χ2v) is 4.91. The molecule has 2 heteroatoms. The van der Waals surface area contributed by atoms with Crippen molar-refractivity contribution in [1.82, 2.24) is 0 Å². The highest BCUT2D eigenvalue weighted by Crippen LogP contribution is 2.32. The van der Waals surface area contributed by atoms with Crippen LogP contribution in [0.4, 0.5) is 0 Å². The van der Waals surface area contributed by atoms with Crippen LogP contribution in [0, 0.1) is 5.92 Å². The Labute approximate surface area is 111 Å². The first-order chi connectivity index (χ1) is 8.60. The van der Waals surface area contributed by atoms with E-state index in [0.717, 1.165) is 12.2 Å². The summed E-state index contributed by atoms with van der Waals surface area (Å²) in [5, 5.41) is 0. The van der Waals surface area contributed by atoms with E-state index in [4.69, 9.17) is 9.47 Å². The molecule has 0 aliphatic carbocycles. The van der Waals surface area contributed by atoms with Gasteiger partial charge in [-0.15, -0.1) is 0 Å². The molecule has 0 saturated heterocycles. The Balaban J connectivity index is 3.10. The molecular formula is C16H24O2. The smallest absolute Gasteiger partial charge is 0.107 e.